The van der Waals surface area contributed by atoms with Gasteiger partial charge in [-0.3, -0.25) is 4.79 Å². The standard InChI is InChI=1S/C6H4Br2OS/c1-3-5(7)6(8)4(2-9)10-3/h2H,1H3. The van der Waals surface area contributed by atoms with Gasteiger partial charge in [0.25, 0.3) is 0 Å². The van der Waals surface area contributed by atoms with Crippen LogP contribution in [0.5, 0.6) is 0 Å². The van der Waals surface area contributed by atoms with Gasteiger partial charge >= 0.3 is 0 Å². The zero-order chi connectivity index (χ0) is 7.72. The van der Waals surface area contributed by atoms with Crippen molar-refractivity contribution in [2.75, 3.05) is 0 Å². The van der Waals surface area contributed by atoms with Gasteiger partial charge in [-0.15, -0.1) is 11.3 Å². The average molecular weight is 284 g/mol. The van der Waals surface area contributed by atoms with Gasteiger partial charge in [-0.25, -0.2) is 0 Å². The lowest BCUT2D eigenvalue weighted by molar-refractivity contribution is 0.112. The fourth-order valence-corrected chi connectivity index (χ4v) is 2.71. The maximum absolute atomic E-state index is 10.4. The van der Waals surface area contributed by atoms with Crippen LogP contribution in [0.2, 0.25) is 0 Å². The molecule has 0 aliphatic carbocycles. The summed E-state index contributed by atoms with van der Waals surface area (Å²) in [5.74, 6) is 0. The minimum absolute atomic E-state index is 0.740. The van der Waals surface area contributed by atoms with Crippen molar-refractivity contribution in [1.29, 1.82) is 0 Å². The first-order valence-corrected chi connectivity index (χ1v) is 4.96. The van der Waals surface area contributed by atoms with E-state index in [1.807, 2.05) is 6.92 Å². The number of rotatable bonds is 1. The summed E-state index contributed by atoms with van der Waals surface area (Å²) >= 11 is 8.12. The van der Waals surface area contributed by atoms with Crippen molar-refractivity contribution in [3.05, 3.63) is 18.7 Å². The van der Waals surface area contributed by atoms with E-state index < -0.39 is 0 Å². The lowest BCUT2D eigenvalue weighted by atomic mass is 10.4. The van der Waals surface area contributed by atoms with Crippen LogP contribution in [0.15, 0.2) is 8.95 Å². The largest absolute Gasteiger partial charge is 0.297 e. The summed E-state index contributed by atoms with van der Waals surface area (Å²) in [5, 5.41) is 0. The fourth-order valence-electron chi connectivity index (χ4n) is 0.593. The molecule has 0 bridgehead atoms. The number of aryl methyl sites for hydroxylation is 1. The quantitative estimate of drug-likeness (QED) is 0.722. The second-order valence-electron chi connectivity index (χ2n) is 1.77. The van der Waals surface area contributed by atoms with E-state index in [4.69, 9.17) is 0 Å². The van der Waals surface area contributed by atoms with Gasteiger partial charge in [0.05, 0.1) is 9.35 Å². The van der Waals surface area contributed by atoms with Gasteiger partial charge in [-0.2, -0.15) is 0 Å². The summed E-state index contributed by atoms with van der Waals surface area (Å²) in [6.07, 6.45) is 0.854. The number of carbonyl (C=O) groups is 1. The highest BCUT2D eigenvalue weighted by atomic mass is 79.9. The van der Waals surface area contributed by atoms with Crippen molar-refractivity contribution < 1.29 is 4.79 Å². The summed E-state index contributed by atoms with van der Waals surface area (Å²) < 4.78 is 1.85. The number of aldehydes is 1. The average Bonchev–Trinajstić information content (AvgIpc) is 2.17. The van der Waals surface area contributed by atoms with Gasteiger partial charge in [0.2, 0.25) is 0 Å². The Labute approximate surface area is 79.7 Å². The van der Waals surface area contributed by atoms with E-state index in [9.17, 15) is 4.79 Å². The zero-order valence-corrected chi connectivity index (χ0v) is 9.14. The van der Waals surface area contributed by atoms with Crippen LogP contribution in [-0.4, -0.2) is 6.29 Å². The Kier molecular flexibility index (Phi) is 2.66. The highest BCUT2D eigenvalue weighted by Crippen LogP contribution is 2.35. The third kappa shape index (κ3) is 1.33. The van der Waals surface area contributed by atoms with Gasteiger partial charge < -0.3 is 0 Å². The molecule has 0 saturated heterocycles. The number of hydrogen-bond donors (Lipinski definition) is 0. The van der Waals surface area contributed by atoms with E-state index in [0.717, 1.165) is 25.0 Å². The number of hydrogen-bond acceptors (Lipinski definition) is 2. The molecule has 0 atom stereocenters. The second kappa shape index (κ2) is 3.15. The fraction of sp³-hybridized carbons (Fsp3) is 0.167. The molecule has 0 fully saturated rings. The molecule has 1 aromatic rings. The lowest BCUT2D eigenvalue weighted by Gasteiger charge is -1.83. The second-order valence-corrected chi connectivity index (χ2v) is 4.61. The van der Waals surface area contributed by atoms with Crippen LogP contribution in [0.25, 0.3) is 0 Å². The zero-order valence-electron chi connectivity index (χ0n) is 5.15. The van der Waals surface area contributed by atoms with Crippen LogP contribution in [-0.2, 0) is 0 Å². The predicted molar refractivity (Wildman–Crippen MR) is 49.8 cm³/mol. The van der Waals surface area contributed by atoms with Gasteiger partial charge in [0, 0.05) is 9.35 Å². The molecule has 0 saturated carbocycles. The molecule has 0 unspecified atom stereocenters. The third-order valence-electron chi connectivity index (χ3n) is 1.09. The molecule has 0 aromatic carbocycles. The molecule has 1 nitrogen and oxygen atoms in total. The summed E-state index contributed by atoms with van der Waals surface area (Å²) in [6.45, 7) is 1.96. The maximum atomic E-state index is 10.4. The van der Waals surface area contributed by atoms with Crippen LogP contribution in [0.3, 0.4) is 0 Å². The Morgan fingerprint density at radius 3 is 2.20 bits per heavy atom. The van der Waals surface area contributed by atoms with Crippen LogP contribution in [0, 0.1) is 6.92 Å². The van der Waals surface area contributed by atoms with Crippen LogP contribution < -0.4 is 0 Å². The third-order valence-corrected chi connectivity index (χ3v) is 4.99. The topological polar surface area (TPSA) is 17.1 Å². The molecular formula is C6H4Br2OS. The predicted octanol–water partition coefficient (Wildman–Crippen LogP) is 3.39. The van der Waals surface area contributed by atoms with Crippen molar-refractivity contribution >= 4 is 49.5 Å². The first kappa shape index (κ1) is 8.43. The van der Waals surface area contributed by atoms with Crippen molar-refractivity contribution in [1.82, 2.24) is 0 Å². The SMILES string of the molecule is Cc1sc(C=O)c(Br)c1Br. The van der Waals surface area contributed by atoms with E-state index in [2.05, 4.69) is 31.9 Å². The Morgan fingerprint density at radius 2 is 2.00 bits per heavy atom. The van der Waals surface area contributed by atoms with Crippen molar-refractivity contribution in [3.8, 4) is 0 Å². The van der Waals surface area contributed by atoms with Gasteiger partial charge in [0.1, 0.15) is 0 Å². The van der Waals surface area contributed by atoms with Crippen molar-refractivity contribution in [3.63, 3.8) is 0 Å². The molecule has 0 spiro atoms. The summed E-state index contributed by atoms with van der Waals surface area (Å²) in [4.78, 5) is 12.2. The first-order chi connectivity index (χ1) is 4.66. The molecular weight excluding hydrogens is 280 g/mol. The van der Waals surface area contributed by atoms with E-state index >= 15 is 0 Å². The van der Waals surface area contributed by atoms with Crippen molar-refractivity contribution in [2.24, 2.45) is 0 Å². The number of thiophene rings is 1. The van der Waals surface area contributed by atoms with Gasteiger partial charge in [-0.1, -0.05) is 0 Å². The highest BCUT2D eigenvalue weighted by Gasteiger charge is 2.09. The van der Waals surface area contributed by atoms with E-state index in [0.29, 0.717) is 0 Å². The minimum Gasteiger partial charge on any atom is -0.297 e. The highest BCUT2D eigenvalue weighted by molar-refractivity contribution is 9.13. The van der Waals surface area contributed by atoms with Gasteiger partial charge in [0.15, 0.2) is 6.29 Å². The van der Waals surface area contributed by atoms with Crippen LogP contribution in [0.4, 0.5) is 0 Å². The molecule has 0 amide bonds. The first-order valence-electron chi connectivity index (χ1n) is 2.56. The molecule has 1 rings (SSSR count). The molecule has 0 radical (unpaired) electrons. The van der Waals surface area contributed by atoms with Crippen molar-refractivity contribution in [2.45, 2.75) is 6.92 Å². The summed E-state index contributed by atoms with van der Waals surface area (Å²) in [6, 6.07) is 0. The molecule has 54 valence electrons. The molecule has 0 aliphatic heterocycles. The summed E-state index contributed by atoms with van der Waals surface area (Å²) in [7, 11) is 0. The Morgan fingerprint density at radius 1 is 1.40 bits per heavy atom. The van der Waals surface area contributed by atoms with Crippen LogP contribution >= 0.6 is 43.2 Å². The monoisotopic (exact) mass is 282 g/mol. The van der Waals surface area contributed by atoms with Gasteiger partial charge in [-0.05, 0) is 38.8 Å². The molecule has 1 heterocycles. The Hall–Kier alpha value is 0.330. The maximum Gasteiger partial charge on any atom is 0.161 e. The molecule has 4 heteroatoms. The van der Waals surface area contributed by atoms with E-state index in [1.165, 1.54) is 11.3 Å². The number of carbonyl (C=O) groups excluding carboxylic acids is 1. The van der Waals surface area contributed by atoms with Crippen LogP contribution in [0.1, 0.15) is 14.5 Å². The van der Waals surface area contributed by atoms with E-state index in [1.54, 1.807) is 0 Å². The van der Waals surface area contributed by atoms with E-state index in [-0.39, 0.29) is 0 Å². The smallest absolute Gasteiger partial charge is 0.161 e. The molecule has 1 aromatic heterocycles. The molecule has 0 N–H and O–H groups in total. The lowest BCUT2D eigenvalue weighted by Crippen LogP contribution is -1.69. The molecule has 0 aliphatic rings. The summed E-state index contributed by atoms with van der Waals surface area (Å²) in [5.41, 5.74) is 0. The minimum atomic E-state index is 0.740. The Balaban J connectivity index is 3.30. The Bertz CT molecular complexity index is 267. The number of halogens is 2. The molecule has 10 heavy (non-hydrogen) atoms. The normalized spacial score (nSPS) is 9.90.